The highest BCUT2D eigenvalue weighted by Gasteiger charge is 2.02. The van der Waals surface area contributed by atoms with Crippen molar-refractivity contribution in [3.05, 3.63) is 42.0 Å². The molecule has 0 N–H and O–H groups in total. The van der Waals surface area contributed by atoms with Gasteiger partial charge in [-0.05, 0) is 23.6 Å². The van der Waals surface area contributed by atoms with Crippen molar-refractivity contribution >= 4 is 17.1 Å². The smallest absolute Gasteiger partial charge is 0.153 e. The molecule has 0 bridgehead atoms. The lowest BCUT2D eigenvalue weighted by Crippen LogP contribution is -1.87. The maximum absolute atomic E-state index is 13.1. The fraction of sp³-hybridized carbons (Fsp3) is 0. The standard InChI is InChI=1S/C10H6FNO/c11-10-4-8-5-12-2-1-7(8)3-9(10)6-13/h1-6H. The van der Waals surface area contributed by atoms with Gasteiger partial charge in [0.1, 0.15) is 5.82 Å². The molecular weight excluding hydrogens is 169 g/mol. The molecule has 0 fully saturated rings. The van der Waals surface area contributed by atoms with Gasteiger partial charge >= 0.3 is 0 Å². The van der Waals surface area contributed by atoms with Gasteiger partial charge in [0.15, 0.2) is 6.29 Å². The minimum absolute atomic E-state index is 0.0821. The molecule has 3 heteroatoms. The van der Waals surface area contributed by atoms with E-state index in [4.69, 9.17) is 0 Å². The second-order valence-electron chi connectivity index (χ2n) is 2.71. The molecule has 0 aliphatic heterocycles. The first-order chi connectivity index (χ1) is 6.31. The number of carbonyl (C=O) groups is 1. The molecule has 0 radical (unpaired) electrons. The Morgan fingerprint density at radius 1 is 1.31 bits per heavy atom. The second kappa shape index (κ2) is 2.94. The minimum atomic E-state index is -0.504. The predicted octanol–water partition coefficient (Wildman–Crippen LogP) is 2.19. The van der Waals surface area contributed by atoms with Gasteiger partial charge in [-0.1, -0.05) is 0 Å². The molecule has 1 aromatic heterocycles. The second-order valence-corrected chi connectivity index (χ2v) is 2.71. The van der Waals surface area contributed by atoms with Gasteiger partial charge in [-0.3, -0.25) is 9.78 Å². The van der Waals surface area contributed by atoms with Crippen molar-refractivity contribution in [1.29, 1.82) is 0 Å². The average Bonchev–Trinajstić information content (AvgIpc) is 2.17. The largest absolute Gasteiger partial charge is 0.298 e. The number of aromatic nitrogens is 1. The van der Waals surface area contributed by atoms with Crippen LogP contribution in [0.5, 0.6) is 0 Å². The number of halogens is 1. The van der Waals surface area contributed by atoms with Gasteiger partial charge < -0.3 is 0 Å². The molecule has 0 spiro atoms. The normalized spacial score (nSPS) is 10.2. The van der Waals surface area contributed by atoms with E-state index in [0.717, 1.165) is 5.39 Å². The summed E-state index contributed by atoms with van der Waals surface area (Å²) in [5.74, 6) is -0.504. The van der Waals surface area contributed by atoms with Crippen molar-refractivity contribution in [2.24, 2.45) is 0 Å². The van der Waals surface area contributed by atoms with E-state index in [-0.39, 0.29) is 5.56 Å². The third-order valence-electron chi connectivity index (χ3n) is 1.88. The SMILES string of the molecule is O=Cc1cc2ccncc2cc1F. The summed E-state index contributed by atoms with van der Waals surface area (Å²) >= 11 is 0. The lowest BCUT2D eigenvalue weighted by atomic mass is 10.1. The maximum Gasteiger partial charge on any atom is 0.153 e. The molecular formula is C10H6FNO. The number of aldehydes is 1. The van der Waals surface area contributed by atoms with Gasteiger partial charge in [0, 0.05) is 17.8 Å². The molecule has 13 heavy (non-hydrogen) atoms. The Morgan fingerprint density at radius 2 is 2.15 bits per heavy atom. The molecule has 2 aromatic rings. The van der Waals surface area contributed by atoms with Crippen LogP contribution >= 0.6 is 0 Å². The zero-order valence-electron chi connectivity index (χ0n) is 6.70. The van der Waals surface area contributed by atoms with Crippen molar-refractivity contribution in [2.75, 3.05) is 0 Å². The lowest BCUT2D eigenvalue weighted by molar-refractivity contribution is 0.112. The molecule has 2 nitrogen and oxygen atoms in total. The van der Waals surface area contributed by atoms with Crippen LogP contribution in [0.15, 0.2) is 30.6 Å². The molecule has 1 aromatic carbocycles. The zero-order valence-corrected chi connectivity index (χ0v) is 6.70. The van der Waals surface area contributed by atoms with E-state index in [0.29, 0.717) is 11.7 Å². The molecule has 1 heterocycles. The Morgan fingerprint density at radius 3 is 2.92 bits per heavy atom. The average molecular weight is 175 g/mol. The first-order valence-corrected chi connectivity index (χ1v) is 3.80. The van der Waals surface area contributed by atoms with E-state index in [2.05, 4.69) is 4.98 Å². The van der Waals surface area contributed by atoms with Crippen LogP contribution in [0, 0.1) is 5.82 Å². The fourth-order valence-corrected chi connectivity index (χ4v) is 1.22. The quantitative estimate of drug-likeness (QED) is 0.622. The van der Waals surface area contributed by atoms with Crippen molar-refractivity contribution in [1.82, 2.24) is 4.98 Å². The molecule has 0 saturated carbocycles. The van der Waals surface area contributed by atoms with E-state index in [9.17, 15) is 9.18 Å². The van der Waals surface area contributed by atoms with Gasteiger partial charge in [-0.2, -0.15) is 0 Å². The van der Waals surface area contributed by atoms with E-state index in [1.54, 1.807) is 18.5 Å². The van der Waals surface area contributed by atoms with Crippen molar-refractivity contribution < 1.29 is 9.18 Å². The van der Waals surface area contributed by atoms with E-state index in [1.807, 2.05) is 0 Å². The summed E-state index contributed by atoms with van der Waals surface area (Å²) in [5, 5.41) is 1.52. The Bertz CT molecular complexity index is 467. The molecule has 2 rings (SSSR count). The third kappa shape index (κ3) is 1.28. The molecule has 0 aliphatic carbocycles. The van der Waals surface area contributed by atoms with Gasteiger partial charge in [0.25, 0.3) is 0 Å². The molecule has 0 saturated heterocycles. The summed E-state index contributed by atoms with van der Waals surface area (Å²) < 4.78 is 13.1. The van der Waals surface area contributed by atoms with Gasteiger partial charge in [0.05, 0.1) is 5.56 Å². The van der Waals surface area contributed by atoms with Gasteiger partial charge in [0.2, 0.25) is 0 Å². The Hall–Kier alpha value is -1.77. The molecule has 0 unspecified atom stereocenters. The Kier molecular flexibility index (Phi) is 1.77. The van der Waals surface area contributed by atoms with Crippen LogP contribution < -0.4 is 0 Å². The van der Waals surface area contributed by atoms with E-state index < -0.39 is 5.82 Å². The monoisotopic (exact) mass is 175 g/mol. The van der Waals surface area contributed by atoms with E-state index >= 15 is 0 Å². The predicted molar refractivity (Wildman–Crippen MR) is 47.1 cm³/mol. The van der Waals surface area contributed by atoms with Crippen LogP contribution in [0.1, 0.15) is 10.4 Å². The fourth-order valence-electron chi connectivity index (χ4n) is 1.22. The highest BCUT2D eigenvalue weighted by atomic mass is 19.1. The summed E-state index contributed by atoms with van der Waals surface area (Å²) in [5.41, 5.74) is 0.0821. The summed E-state index contributed by atoms with van der Waals surface area (Å²) in [7, 11) is 0. The van der Waals surface area contributed by atoms with Gasteiger partial charge in [-0.25, -0.2) is 4.39 Å². The van der Waals surface area contributed by atoms with Crippen LogP contribution in [0.2, 0.25) is 0 Å². The number of nitrogens with zero attached hydrogens (tertiary/aromatic N) is 1. The summed E-state index contributed by atoms with van der Waals surface area (Å²) in [6.45, 7) is 0. The number of hydrogen-bond donors (Lipinski definition) is 0. The van der Waals surface area contributed by atoms with E-state index in [1.165, 1.54) is 12.1 Å². The molecule has 0 atom stereocenters. The Labute approximate surface area is 74.0 Å². The van der Waals surface area contributed by atoms with Crippen LogP contribution in [-0.4, -0.2) is 11.3 Å². The third-order valence-corrected chi connectivity index (χ3v) is 1.88. The van der Waals surface area contributed by atoms with Gasteiger partial charge in [-0.15, -0.1) is 0 Å². The zero-order chi connectivity index (χ0) is 9.26. The highest BCUT2D eigenvalue weighted by molar-refractivity contribution is 5.88. The number of fused-ring (bicyclic) bond motifs is 1. The number of carbonyl (C=O) groups excluding carboxylic acids is 1. The number of benzene rings is 1. The van der Waals surface area contributed by atoms with Crippen molar-refractivity contribution in [3.8, 4) is 0 Å². The van der Waals surface area contributed by atoms with Crippen molar-refractivity contribution in [2.45, 2.75) is 0 Å². The molecule has 0 amide bonds. The first kappa shape index (κ1) is 7.86. The van der Waals surface area contributed by atoms with Crippen LogP contribution in [0.3, 0.4) is 0 Å². The van der Waals surface area contributed by atoms with Crippen LogP contribution in [0.25, 0.3) is 10.8 Å². The molecule has 64 valence electrons. The molecule has 0 aliphatic rings. The lowest BCUT2D eigenvalue weighted by Gasteiger charge is -1.98. The first-order valence-electron chi connectivity index (χ1n) is 3.80. The number of rotatable bonds is 1. The highest BCUT2D eigenvalue weighted by Crippen LogP contribution is 2.16. The summed E-state index contributed by atoms with van der Waals surface area (Å²) in [6.07, 6.45) is 3.68. The number of pyridine rings is 1. The minimum Gasteiger partial charge on any atom is -0.298 e. The summed E-state index contributed by atoms with van der Waals surface area (Å²) in [6, 6.07) is 4.56. The Balaban J connectivity index is 2.81. The van der Waals surface area contributed by atoms with Crippen LogP contribution in [0.4, 0.5) is 4.39 Å². The van der Waals surface area contributed by atoms with Crippen LogP contribution in [-0.2, 0) is 0 Å². The topological polar surface area (TPSA) is 30.0 Å². The number of hydrogen-bond acceptors (Lipinski definition) is 2. The van der Waals surface area contributed by atoms with Crippen molar-refractivity contribution in [3.63, 3.8) is 0 Å². The maximum atomic E-state index is 13.1. The summed E-state index contributed by atoms with van der Waals surface area (Å²) in [4.78, 5) is 14.3.